The zero-order chi connectivity index (χ0) is 15.9. The Kier molecular flexibility index (Phi) is 7.63. The lowest BCUT2D eigenvalue weighted by atomic mass is 9.94. The summed E-state index contributed by atoms with van der Waals surface area (Å²) in [5.74, 6) is -0.236. The fourth-order valence-electron chi connectivity index (χ4n) is 2.86. The Bertz CT molecular complexity index is 313. The molecule has 1 aliphatic heterocycles. The quantitative estimate of drug-likeness (QED) is 0.667. The number of carbonyl (C=O) groups is 1. The number of hydrogen-bond donors (Lipinski definition) is 2. The Balaban J connectivity index is 2.30. The summed E-state index contributed by atoms with van der Waals surface area (Å²) < 4.78 is 0. The molecule has 0 aromatic carbocycles. The van der Waals surface area contributed by atoms with Gasteiger partial charge >= 0.3 is 0 Å². The molecular weight excluding hydrogens is 264 g/mol. The summed E-state index contributed by atoms with van der Waals surface area (Å²) in [5.41, 5.74) is 5.00. The monoisotopic (exact) mass is 298 g/mol. The third kappa shape index (κ3) is 5.93. The molecule has 0 aliphatic carbocycles. The van der Waals surface area contributed by atoms with Crippen molar-refractivity contribution >= 4 is 5.91 Å². The van der Waals surface area contributed by atoms with Crippen LogP contribution >= 0.6 is 0 Å². The molecule has 1 saturated heterocycles. The molecule has 1 amide bonds. The van der Waals surface area contributed by atoms with Crippen molar-refractivity contribution in [1.82, 2.24) is 15.1 Å². The minimum absolute atomic E-state index is 0.236. The van der Waals surface area contributed by atoms with Gasteiger partial charge in [0.05, 0.1) is 5.54 Å². The molecule has 1 atom stereocenters. The van der Waals surface area contributed by atoms with Crippen LogP contribution in [0.1, 0.15) is 47.0 Å². The van der Waals surface area contributed by atoms with Gasteiger partial charge in [0.2, 0.25) is 5.91 Å². The van der Waals surface area contributed by atoms with Crippen molar-refractivity contribution < 1.29 is 4.79 Å². The van der Waals surface area contributed by atoms with Gasteiger partial charge in [0.15, 0.2) is 0 Å². The highest BCUT2D eigenvalue weighted by Gasteiger charge is 2.29. The zero-order valence-corrected chi connectivity index (χ0v) is 14.3. The Hall–Kier alpha value is -0.650. The van der Waals surface area contributed by atoms with E-state index in [-0.39, 0.29) is 5.91 Å². The van der Waals surface area contributed by atoms with Gasteiger partial charge in [-0.25, -0.2) is 0 Å². The first-order valence-electron chi connectivity index (χ1n) is 8.40. The molecule has 1 aliphatic rings. The highest BCUT2D eigenvalue weighted by atomic mass is 16.1. The van der Waals surface area contributed by atoms with Crippen LogP contribution < -0.4 is 11.1 Å². The number of piperazine rings is 1. The number of nitrogens with zero attached hydrogens (tertiary/aromatic N) is 2. The van der Waals surface area contributed by atoms with Crippen LogP contribution in [0, 0.1) is 0 Å². The number of nitrogens with one attached hydrogen (secondary N) is 1. The van der Waals surface area contributed by atoms with Crippen molar-refractivity contribution in [3.8, 4) is 0 Å². The van der Waals surface area contributed by atoms with Gasteiger partial charge < -0.3 is 16.0 Å². The first kappa shape index (κ1) is 18.4. The van der Waals surface area contributed by atoms with Crippen LogP contribution in [0.2, 0.25) is 0 Å². The van der Waals surface area contributed by atoms with Crippen molar-refractivity contribution in [3.63, 3.8) is 0 Å². The molecular formula is C16H34N4O. The number of rotatable bonds is 9. The van der Waals surface area contributed by atoms with Crippen molar-refractivity contribution in [1.29, 1.82) is 0 Å². The Morgan fingerprint density at radius 1 is 1.29 bits per heavy atom. The standard InChI is InChI=1S/C16H34N4O/c1-5-8-18-16(4,15(17)21)7-6-9-19-10-12-20(13-11-19)14(2)3/h14,18H,5-13H2,1-4H3,(H2,17,21). The molecule has 0 saturated carbocycles. The van der Waals surface area contributed by atoms with E-state index in [1.807, 2.05) is 6.92 Å². The second-order valence-corrected chi connectivity index (χ2v) is 6.70. The third-order valence-electron chi connectivity index (χ3n) is 4.60. The molecule has 0 spiro atoms. The smallest absolute Gasteiger partial charge is 0.237 e. The maximum Gasteiger partial charge on any atom is 0.237 e. The molecule has 1 rings (SSSR count). The lowest BCUT2D eigenvalue weighted by molar-refractivity contribution is -0.124. The molecule has 0 aromatic rings. The zero-order valence-electron chi connectivity index (χ0n) is 14.3. The van der Waals surface area contributed by atoms with Crippen LogP contribution in [0.3, 0.4) is 0 Å². The van der Waals surface area contributed by atoms with E-state index in [1.165, 1.54) is 0 Å². The van der Waals surface area contributed by atoms with E-state index in [4.69, 9.17) is 5.73 Å². The molecule has 0 bridgehead atoms. The van der Waals surface area contributed by atoms with Gasteiger partial charge in [0.25, 0.3) is 0 Å². The molecule has 3 N–H and O–H groups in total. The summed E-state index contributed by atoms with van der Waals surface area (Å²) in [6.07, 6.45) is 2.84. The van der Waals surface area contributed by atoms with E-state index >= 15 is 0 Å². The second kappa shape index (κ2) is 8.71. The van der Waals surface area contributed by atoms with Crippen molar-refractivity contribution in [3.05, 3.63) is 0 Å². The van der Waals surface area contributed by atoms with Crippen molar-refractivity contribution in [2.75, 3.05) is 39.3 Å². The highest BCUT2D eigenvalue weighted by molar-refractivity contribution is 5.84. The minimum atomic E-state index is -0.560. The van der Waals surface area contributed by atoms with Crippen LogP contribution in [0.15, 0.2) is 0 Å². The first-order chi connectivity index (χ1) is 9.89. The first-order valence-corrected chi connectivity index (χ1v) is 8.40. The van der Waals surface area contributed by atoms with Gasteiger partial charge in [-0.1, -0.05) is 6.92 Å². The van der Waals surface area contributed by atoms with Crippen LogP contribution in [0.4, 0.5) is 0 Å². The number of nitrogens with two attached hydrogens (primary N) is 1. The summed E-state index contributed by atoms with van der Waals surface area (Å²) >= 11 is 0. The molecule has 0 aromatic heterocycles. The van der Waals surface area contributed by atoms with Gasteiger partial charge in [-0.3, -0.25) is 9.69 Å². The maximum absolute atomic E-state index is 11.7. The SMILES string of the molecule is CCCNC(C)(CCCN1CCN(C(C)C)CC1)C(N)=O. The van der Waals surface area contributed by atoms with Gasteiger partial charge in [-0.05, 0) is 53.1 Å². The van der Waals surface area contributed by atoms with Crippen LogP contribution in [0.25, 0.3) is 0 Å². The molecule has 1 unspecified atom stereocenters. The summed E-state index contributed by atoms with van der Waals surface area (Å²) in [4.78, 5) is 16.7. The molecule has 1 heterocycles. The predicted octanol–water partition coefficient (Wildman–Crippen LogP) is 1.04. The van der Waals surface area contributed by atoms with E-state index in [9.17, 15) is 4.79 Å². The normalized spacial score (nSPS) is 20.6. The molecule has 0 radical (unpaired) electrons. The third-order valence-corrected chi connectivity index (χ3v) is 4.60. The lowest BCUT2D eigenvalue weighted by Crippen LogP contribution is -2.54. The number of hydrogen-bond acceptors (Lipinski definition) is 4. The minimum Gasteiger partial charge on any atom is -0.368 e. The average Bonchev–Trinajstić information content (AvgIpc) is 2.45. The van der Waals surface area contributed by atoms with Crippen LogP contribution in [-0.4, -0.2) is 66.6 Å². The Morgan fingerprint density at radius 3 is 2.38 bits per heavy atom. The van der Waals surface area contributed by atoms with E-state index < -0.39 is 5.54 Å². The number of primary amides is 1. The van der Waals surface area contributed by atoms with Gasteiger partial charge in [-0.15, -0.1) is 0 Å². The van der Waals surface area contributed by atoms with E-state index in [2.05, 4.69) is 35.9 Å². The van der Waals surface area contributed by atoms with Gasteiger partial charge in [-0.2, -0.15) is 0 Å². The van der Waals surface area contributed by atoms with Crippen molar-refractivity contribution in [2.45, 2.75) is 58.5 Å². The van der Waals surface area contributed by atoms with E-state index in [1.54, 1.807) is 0 Å². The lowest BCUT2D eigenvalue weighted by Gasteiger charge is -2.37. The molecule has 5 heteroatoms. The molecule has 5 nitrogen and oxygen atoms in total. The number of amides is 1. The van der Waals surface area contributed by atoms with Crippen LogP contribution in [0.5, 0.6) is 0 Å². The average molecular weight is 298 g/mol. The fraction of sp³-hybridized carbons (Fsp3) is 0.938. The summed E-state index contributed by atoms with van der Waals surface area (Å²) in [6, 6.07) is 0.642. The highest BCUT2D eigenvalue weighted by Crippen LogP contribution is 2.14. The summed E-state index contributed by atoms with van der Waals surface area (Å²) in [5, 5.41) is 3.30. The van der Waals surface area contributed by atoms with E-state index in [0.717, 1.165) is 58.5 Å². The Morgan fingerprint density at radius 2 is 1.90 bits per heavy atom. The van der Waals surface area contributed by atoms with E-state index in [0.29, 0.717) is 6.04 Å². The maximum atomic E-state index is 11.7. The largest absolute Gasteiger partial charge is 0.368 e. The molecule has 124 valence electrons. The van der Waals surface area contributed by atoms with Crippen molar-refractivity contribution in [2.24, 2.45) is 5.73 Å². The molecule has 21 heavy (non-hydrogen) atoms. The Labute approximate surface area is 130 Å². The second-order valence-electron chi connectivity index (χ2n) is 6.70. The molecule has 1 fully saturated rings. The van der Waals surface area contributed by atoms with Gasteiger partial charge in [0.1, 0.15) is 0 Å². The topological polar surface area (TPSA) is 61.6 Å². The summed E-state index contributed by atoms with van der Waals surface area (Å²) in [6.45, 7) is 15.0. The summed E-state index contributed by atoms with van der Waals surface area (Å²) in [7, 11) is 0. The fourth-order valence-corrected chi connectivity index (χ4v) is 2.86. The number of carbonyl (C=O) groups excluding carboxylic acids is 1. The van der Waals surface area contributed by atoms with Crippen LogP contribution in [-0.2, 0) is 4.79 Å². The van der Waals surface area contributed by atoms with Gasteiger partial charge in [0, 0.05) is 32.2 Å². The predicted molar refractivity (Wildman–Crippen MR) is 88.3 cm³/mol.